The van der Waals surface area contributed by atoms with E-state index in [0.29, 0.717) is 44.9 Å². The molecular formula is C39H36F6N2O6. The fourth-order valence-electron chi connectivity index (χ4n) is 5.46. The maximum atomic E-state index is 13.3. The van der Waals surface area contributed by atoms with Gasteiger partial charge in [-0.3, -0.25) is 0 Å². The third-order valence-electron chi connectivity index (χ3n) is 8.27. The number of alkyl halides is 6. The van der Waals surface area contributed by atoms with Crippen LogP contribution in [0.3, 0.4) is 0 Å². The Morgan fingerprint density at radius 1 is 0.698 bits per heavy atom. The Kier molecular flexibility index (Phi) is 11.4. The van der Waals surface area contributed by atoms with Crippen molar-refractivity contribution in [3.8, 4) is 16.9 Å². The topological polar surface area (TPSA) is 85.4 Å². The van der Waals surface area contributed by atoms with Crippen molar-refractivity contribution in [3.05, 3.63) is 124 Å². The molecule has 4 aromatic rings. The Morgan fingerprint density at radius 3 is 1.81 bits per heavy atom. The molecule has 0 N–H and O–H groups in total. The quantitative estimate of drug-likeness (QED) is 0.138. The van der Waals surface area contributed by atoms with Crippen molar-refractivity contribution >= 4 is 18.3 Å². The van der Waals surface area contributed by atoms with Crippen LogP contribution in [0.1, 0.15) is 54.2 Å². The first-order chi connectivity index (χ1) is 24.9. The number of halogens is 6. The van der Waals surface area contributed by atoms with Crippen molar-refractivity contribution in [2.75, 3.05) is 13.1 Å². The van der Waals surface area contributed by atoms with Crippen molar-refractivity contribution in [1.29, 1.82) is 0 Å². The van der Waals surface area contributed by atoms with Gasteiger partial charge in [-0.15, -0.1) is 0 Å². The van der Waals surface area contributed by atoms with E-state index in [1.807, 2.05) is 6.07 Å². The normalized spacial score (nSPS) is 13.2. The van der Waals surface area contributed by atoms with Gasteiger partial charge in [-0.25, -0.2) is 19.3 Å². The molecule has 0 radical (unpaired) electrons. The summed E-state index contributed by atoms with van der Waals surface area (Å²) < 4.78 is 93.8. The van der Waals surface area contributed by atoms with Crippen LogP contribution in [0.15, 0.2) is 91.0 Å². The Hall–Kier alpha value is -5.53. The van der Waals surface area contributed by atoms with Crippen LogP contribution in [0.2, 0.25) is 0 Å². The second kappa shape index (κ2) is 15.6. The summed E-state index contributed by atoms with van der Waals surface area (Å²) >= 11 is 0. The molecule has 0 aliphatic carbocycles. The molecule has 3 amide bonds. The average molecular weight is 743 g/mol. The maximum absolute atomic E-state index is 13.3. The smallest absolute Gasteiger partial charge is 0.428 e. The zero-order valence-electron chi connectivity index (χ0n) is 29.0. The molecule has 0 unspecified atom stereocenters. The molecule has 0 spiro atoms. The molecule has 8 nitrogen and oxygen atoms in total. The van der Waals surface area contributed by atoms with Gasteiger partial charge in [-0.1, -0.05) is 54.6 Å². The standard InChI is InChI=1S/C39H36F6N2O6/c1-37(2,3)53-36(50)47(21-18-25-4-8-27(9-5-25)28-10-15-32(16-11-28)39(43,44)45)35(49)52-34(48)46-20-19-29-12-17-33(22-30(29)23-46)51-24-26-6-13-31(14-7-26)38(40,41)42/h4-17,22H,18-21,23-24H2,1-3H3. The minimum atomic E-state index is -4.45. The lowest BCUT2D eigenvalue weighted by atomic mass is 10.00. The number of ether oxygens (including phenoxy) is 3. The summed E-state index contributed by atoms with van der Waals surface area (Å²) in [5.74, 6) is 0.429. The molecule has 1 aliphatic heterocycles. The first kappa shape index (κ1) is 38.7. The summed E-state index contributed by atoms with van der Waals surface area (Å²) in [6.45, 7) is 4.95. The SMILES string of the molecule is CC(C)(C)OC(=O)N(CCc1ccc(-c2ccc(C(F)(F)F)cc2)cc1)C(=O)OC(=O)N1CCc2ccc(OCc3ccc(C(F)(F)F)cc3)cc2C1. The number of carbonyl (C=O) groups excluding carboxylic acids is 3. The number of fused-ring (bicyclic) bond motifs is 1. The van der Waals surface area contributed by atoms with E-state index in [0.717, 1.165) is 29.8 Å². The third-order valence-corrected chi connectivity index (χ3v) is 8.27. The van der Waals surface area contributed by atoms with Crippen LogP contribution >= 0.6 is 0 Å². The highest BCUT2D eigenvalue weighted by Gasteiger charge is 2.33. The Bertz CT molecular complexity index is 1920. The first-order valence-electron chi connectivity index (χ1n) is 16.5. The molecule has 0 saturated heterocycles. The van der Waals surface area contributed by atoms with Crippen LogP contribution in [0.4, 0.5) is 40.7 Å². The monoisotopic (exact) mass is 742 g/mol. The van der Waals surface area contributed by atoms with Gasteiger partial charge in [0.2, 0.25) is 0 Å². The zero-order chi connectivity index (χ0) is 38.6. The number of hydrogen-bond acceptors (Lipinski definition) is 6. The number of benzene rings is 4. The van der Waals surface area contributed by atoms with Crippen molar-refractivity contribution < 1.29 is 54.9 Å². The lowest BCUT2D eigenvalue weighted by Crippen LogP contribution is -2.45. The lowest BCUT2D eigenvalue weighted by molar-refractivity contribution is -0.138. The molecule has 1 heterocycles. The average Bonchev–Trinajstić information content (AvgIpc) is 3.09. The molecule has 14 heteroatoms. The van der Waals surface area contributed by atoms with Gasteiger partial charge in [0, 0.05) is 19.6 Å². The highest BCUT2D eigenvalue weighted by atomic mass is 19.4. The summed E-state index contributed by atoms with van der Waals surface area (Å²) in [6, 6.07) is 21.4. The summed E-state index contributed by atoms with van der Waals surface area (Å²) in [5, 5.41) is 0. The van der Waals surface area contributed by atoms with Gasteiger partial charge in [-0.05, 0) is 103 Å². The lowest BCUT2D eigenvalue weighted by Gasteiger charge is -2.29. The summed E-state index contributed by atoms with van der Waals surface area (Å²) in [5.41, 5.74) is 1.62. The molecule has 0 bridgehead atoms. The number of imide groups is 1. The fraction of sp³-hybridized carbons (Fsp3) is 0.308. The highest BCUT2D eigenvalue weighted by molar-refractivity contribution is 5.93. The summed E-state index contributed by atoms with van der Waals surface area (Å²) in [6.07, 6.45) is -11.5. The van der Waals surface area contributed by atoms with Crippen molar-refractivity contribution in [1.82, 2.24) is 9.80 Å². The molecule has 5 rings (SSSR count). The van der Waals surface area contributed by atoms with Crippen LogP contribution in [0, 0.1) is 0 Å². The second-order valence-corrected chi connectivity index (χ2v) is 13.4. The van der Waals surface area contributed by atoms with E-state index >= 15 is 0 Å². The van der Waals surface area contributed by atoms with E-state index in [9.17, 15) is 40.7 Å². The Balaban J connectivity index is 1.20. The predicted molar refractivity (Wildman–Crippen MR) is 182 cm³/mol. The number of amides is 3. The molecule has 1 aliphatic rings. The van der Waals surface area contributed by atoms with Gasteiger partial charge in [-0.2, -0.15) is 26.3 Å². The number of nitrogens with zero attached hydrogens (tertiary/aromatic N) is 2. The van der Waals surface area contributed by atoms with Crippen molar-refractivity contribution in [3.63, 3.8) is 0 Å². The van der Waals surface area contributed by atoms with Gasteiger partial charge in [0.05, 0.1) is 11.1 Å². The van der Waals surface area contributed by atoms with Crippen molar-refractivity contribution in [2.24, 2.45) is 0 Å². The van der Waals surface area contributed by atoms with Crippen LogP contribution in [-0.4, -0.2) is 46.8 Å². The van der Waals surface area contributed by atoms with Gasteiger partial charge in [0.15, 0.2) is 0 Å². The minimum absolute atomic E-state index is 0.0149. The maximum Gasteiger partial charge on any atom is 0.428 e. The Morgan fingerprint density at radius 2 is 1.25 bits per heavy atom. The summed E-state index contributed by atoms with van der Waals surface area (Å²) in [7, 11) is 0. The van der Waals surface area contributed by atoms with E-state index in [1.54, 1.807) is 57.2 Å². The van der Waals surface area contributed by atoms with Crippen LogP contribution in [0.25, 0.3) is 11.1 Å². The second-order valence-electron chi connectivity index (χ2n) is 13.4. The number of hydrogen-bond donors (Lipinski definition) is 0. The molecule has 0 saturated carbocycles. The summed E-state index contributed by atoms with van der Waals surface area (Å²) in [4.78, 5) is 41.5. The predicted octanol–water partition coefficient (Wildman–Crippen LogP) is 10.1. The van der Waals surface area contributed by atoms with Crippen LogP contribution in [-0.2, 0) is 47.8 Å². The molecule has 280 valence electrons. The van der Waals surface area contributed by atoms with E-state index in [-0.39, 0.29) is 32.7 Å². The molecular weight excluding hydrogens is 706 g/mol. The van der Waals surface area contributed by atoms with E-state index < -0.39 is 47.4 Å². The molecule has 0 fully saturated rings. The van der Waals surface area contributed by atoms with E-state index in [4.69, 9.17) is 14.2 Å². The number of carbonyl (C=O) groups is 3. The minimum Gasteiger partial charge on any atom is -0.489 e. The third kappa shape index (κ3) is 10.5. The van der Waals surface area contributed by atoms with E-state index in [2.05, 4.69) is 0 Å². The van der Waals surface area contributed by atoms with Crippen molar-refractivity contribution in [2.45, 2.75) is 64.7 Å². The van der Waals surface area contributed by atoms with Gasteiger partial charge >= 0.3 is 30.6 Å². The molecule has 0 aromatic heterocycles. The fourth-order valence-corrected chi connectivity index (χ4v) is 5.46. The van der Waals surface area contributed by atoms with Crippen LogP contribution in [0.5, 0.6) is 5.75 Å². The molecule has 4 aromatic carbocycles. The highest BCUT2D eigenvalue weighted by Crippen LogP contribution is 2.32. The van der Waals surface area contributed by atoms with Crippen LogP contribution < -0.4 is 4.74 Å². The van der Waals surface area contributed by atoms with Gasteiger partial charge in [0.1, 0.15) is 18.0 Å². The zero-order valence-corrected chi connectivity index (χ0v) is 29.0. The largest absolute Gasteiger partial charge is 0.489 e. The molecule has 53 heavy (non-hydrogen) atoms. The van der Waals surface area contributed by atoms with Gasteiger partial charge < -0.3 is 19.1 Å². The first-order valence-corrected chi connectivity index (χ1v) is 16.5. The number of rotatable bonds is 7. The Labute approximate surface area is 301 Å². The molecule has 0 atom stereocenters. The van der Waals surface area contributed by atoms with E-state index in [1.165, 1.54) is 29.2 Å². The van der Waals surface area contributed by atoms with Gasteiger partial charge in [0.25, 0.3) is 0 Å².